The zero-order valence-electron chi connectivity index (χ0n) is 19.5. The highest BCUT2D eigenvalue weighted by molar-refractivity contribution is 7.17. The van der Waals surface area contributed by atoms with Crippen molar-refractivity contribution in [2.45, 2.75) is 39.2 Å². The number of anilines is 1. The van der Waals surface area contributed by atoms with E-state index in [1.54, 1.807) is 23.5 Å². The molecule has 5 rings (SSSR count). The van der Waals surface area contributed by atoms with E-state index in [1.165, 1.54) is 5.56 Å². The Bertz CT molecular complexity index is 1230. The molecule has 1 amide bonds. The molecule has 0 radical (unpaired) electrons. The maximum Gasteiger partial charge on any atom is 0.248 e. The van der Waals surface area contributed by atoms with Crippen molar-refractivity contribution < 1.29 is 14.3 Å². The number of nitrogens with zero attached hydrogens (tertiary/aromatic N) is 2. The van der Waals surface area contributed by atoms with Crippen molar-refractivity contribution in [1.82, 2.24) is 4.98 Å². The first-order valence-electron chi connectivity index (χ1n) is 11.7. The first-order valence-corrected chi connectivity index (χ1v) is 12.5. The summed E-state index contributed by atoms with van der Waals surface area (Å²) in [5.41, 5.74) is 10.1. The van der Waals surface area contributed by atoms with Crippen LogP contribution in [0.25, 0.3) is 11.1 Å². The van der Waals surface area contributed by atoms with Crippen molar-refractivity contribution in [3.8, 4) is 11.1 Å². The molecule has 0 bridgehead atoms. The number of fused-ring (bicyclic) bond motifs is 1. The Kier molecular flexibility index (Phi) is 6.00. The van der Waals surface area contributed by atoms with Gasteiger partial charge < -0.3 is 15.4 Å². The highest BCUT2D eigenvalue weighted by Gasteiger charge is 2.36. The molecule has 0 saturated carbocycles. The second-order valence-corrected chi connectivity index (χ2v) is 11.0. The quantitative estimate of drug-likeness (QED) is 0.587. The summed E-state index contributed by atoms with van der Waals surface area (Å²) in [7, 11) is 0. The second kappa shape index (κ2) is 8.96. The van der Waals surface area contributed by atoms with Crippen LogP contribution in [0.4, 0.5) is 5.13 Å². The number of ketones is 1. The van der Waals surface area contributed by atoms with Crippen molar-refractivity contribution in [1.29, 1.82) is 0 Å². The van der Waals surface area contributed by atoms with Gasteiger partial charge in [-0.1, -0.05) is 61.6 Å². The number of carbonyl (C=O) groups is 2. The summed E-state index contributed by atoms with van der Waals surface area (Å²) < 4.78 is 5.84. The summed E-state index contributed by atoms with van der Waals surface area (Å²) in [6.45, 7) is 6.33. The van der Waals surface area contributed by atoms with Crippen molar-refractivity contribution in [3.05, 3.63) is 70.2 Å². The summed E-state index contributed by atoms with van der Waals surface area (Å²) in [6.07, 6.45) is 2.24. The normalized spacial score (nSPS) is 19.6. The molecular weight excluding hydrogens is 446 g/mol. The summed E-state index contributed by atoms with van der Waals surface area (Å²) in [5, 5.41) is 0.933. The van der Waals surface area contributed by atoms with Gasteiger partial charge in [0.05, 0.1) is 29.8 Å². The maximum atomic E-state index is 12.7. The van der Waals surface area contributed by atoms with Crippen molar-refractivity contribution >= 4 is 28.2 Å². The Morgan fingerprint density at radius 3 is 2.74 bits per heavy atom. The van der Waals surface area contributed by atoms with Gasteiger partial charge in [-0.05, 0) is 47.1 Å². The number of nitrogens with two attached hydrogens (primary N) is 1. The number of carbonyl (C=O) groups excluding carboxylic acids is 2. The van der Waals surface area contributed by atoms with Gasteiger partial charge in [0, 0.05) is 18.5 Å². The molecule has 1 aliphatic heterocycles. The lowest BCUT2D eigenvalue weighted by molar-refractivity contribution is 0.0914. The molecule has 2 heterocycles. The number of morpholine rings is 1. The largest absolute Gasteiger partial charge is 0.377 e. The Labute approximate surface area is 203 Å². The van der Waals surface area contributed by atoms with E-state index in [9.17, 15) is 9.59 Å². The predicted molar refractivity (Wildman–Crippen MR) is 135 cm³/mol. The third-order valence-electron chi connectivity index (χ3n) is 6.60. The molecule has 2 aliphatic rings. The number of Topliss-reactive ketones (excluding diaryl/α,β-unsaturated/α-hetero) is 1. The van der Waals surface area contributed by atoms with E-state index in [-0.39, 0.29) is 17.2 Å². The van der Waals surface area contributed by atoms with Gasteiger partial charge in [0.15, 0.2) is 10.9 Å². The SMILES string of the molecule is CC1(C)CC(=O)c2sc(N3CCOC[C@@H]3Cc3cccc(-c4ccc(C(N)=O)cc4)c3)nc2C1. The fourth-order valence-corrected chi connectivity index (χ4v) is 6.00. The summed E-state index contributed by atoms with van der Waals surface area (Å²) in [5.74, 6) is -0.207. The fourth-order valence-electron chi connectivity index (χ4n) is 4.88. The minimum absolute atomic E-state index is 0.0318. The number of rotatable bonds is 5. The molecule has 34 heavy (non-hydrogen) atoms. The molecule has 2 aromatic carbocycles. The van der Waals surface area contributed by atoms with Crippen LogP contribution in [0.2, 0.25) is 0 Å². The van der Waals surface area contributed by atoms with Crippen LogP contribution in [0.5, 0.6) is 0 Å². The molecule has 2 N–H and O–H groups in total. The molecule has 1 aliphatic carbocycles. The van der Waals surface area contributed by atoms with E-state index >= 15 is 0 Å². The summed E-state index contributed by atoms with van der Waals surface area (Å²) in [4.78, 5) is 32.2. The Morgan fingerprint density at radius 1 is 1.18 bits per heavy atom. The van der Waals surface area contributed by atoms with Gasteiger partial charge in [-0.2, -0.15) is 0 Å². The Hall–Kier alpha value is -3.03. The highest BCUT2D eigenvalue weighted by atomic mass is 32.1. The number of ether oxygens (including phenoxy) is 1. The minimum Gasteiger partial charge on any atom is -0.377 e. The monoisotopic (exact) mass is 475 g/mol. The number of primary amides is 1. The van der Waals surface area contributed by atoms with E-state index in [4.69, 9.17) is 15.5 Å². The van der Waals surface area contributed by atoms with Crippen LogP contribution in [0.15, 0.2) is 48.5 Å². The fraction of sp³-hybridized carbons (Fsp3) is 0.370. The third-order valence-corrected chi connectivity index (χ3v) is 7.77. The van der Waals surface area contributed by atoms with Crippen LogP contribution < -0.4 is 10.6 Å². The molecule has 0 unspecified atom stereocenters. The molecule has 1 aromatic heterocycles. The number of hydrogen-bond acceptors (Lipinski definition) is 6. The average molecular weight is 476 g/mol. The molecule has 7 heteroatoms. The third kappa shape index (κ3) is 4.63. The average Bonchev–Trinajstić information content (AvgIpc) is 3.23. The number of hydrogen-bond donors (Lipinski definition) is 1. The van der Waals surface area contributed by atoms with Crippen molar-refractivity contribution in [3.63, 3.8) is 0 Å². The van der Waals surface area contributed by atoms with Gasteiger partial charge in [0.25, 0.3) is 0 Å². The topological polar surface area (TPSA) is 85.5 Å². The number of amides is 1. The van der Waals surface area contributed by atoms with Gasteiger partial charge in [0.2, 0.25) is 5.91 Å². The van der Waals surface area contributed by atoms with Crippen LogP contribution in [-0.2, 0) is 17.6 Å². The first-order chi connectivity index (χ1) is 16.3. The lowest BCUT2D eigenvalue weighted by atomic mass is 9.78. The molecule has 6 nitrogen and oxygen atoms in total. The second-order valence-electron chi connectivity index (χ2n) is 9.98. The van der Waals surface area contributed by atoms with Crippen LogP contribution in [0, 0.1) is 5.41 Å². The standard InChI is InChI=1S/C27H29N3O3S/c1-27(2)14-22-24(23(31)15-27)34-26(29-22)30-10-11-33-16-21(30)13-17-4-3-5-20(12-17)18-6-8-19(9-7-18)25(28)32/h3-9,12,21H,10-11,13-16H2,1-2H3,(H2,28,32)/t21-/m0/s1. The lowest BCUT2D eigenvalue weighted by Gasteiger charge is -2.35. The predicted octanol–water partition coefficient (Wildman–Crippen LogP) is 4.51. The molecular formula is C27H29N3O3S. The Balaban J connectivity index is 1.37. The number of thiazole rings is 1. The molecule has 0 spiro atoms. The van der Waals surface area contributed by atoms with E-state index in [0.717, 1.165) is 46.2 Å². The molecule has 176 valence electrons. The number of benzene rings is 2. The van der Waals surface area contributed by atoms with Crippen LogP contribution in [0.3, 0.4) is 0 Å². The van der Waals surface area contributed by atoms with Gasteiger partial charge in [0.1, 0.15) is 0 Å². The number of aromatic nitrogens is 1. The van der Waals surface area contributed by atoms with Crippen molar-refractivity contribution in [2.75, 3.05) is 24.7 Å². The molecule has 1 fully saturated rings. The first kappa shape index (κ1) is 22.7. The maximum absolute atomic E-state index is 12.7. The molecule has 1 atom stereocenters. The minimum atomic E-state index is -0.424. The van der Waals surface area contributed by atoms with Crippen LogP contribution in [-0.4, -0.2) is 42.5 Å². The smallest absolute Gasteiger partial charge is 0.248 e. The summed E-state index contributed by atoms with van der Waals surface area (Å²) in [6, 6.07) is 16.0. The summed E-state index contributed by atoms with van der Waals surface area (Å²) >= 11 is 1.54. The lowest BCUT2D eigenvalue weighted by Crippen LogP contribution is -2.46. The zero-order chi connectivity index (χ0) is 23.9. The van der Waals surface area contributed by atoms with E-state index in [2.05, 4.69) is 43.0 Å². The molecule has 3 aromatic rings. The van der Waals surface area contributed by atoms with Crippen LogP contribution in [0.1, 0.15) is 51.6 Å². The Morgan fingerprint density at radius 2 is 1.97 bits per heavy atom. The van der Waals surface area contributed by atoms with E-state index in [0.29, 0.717) is 25.2 Å². The van der Waals surface area contributed by atoms with Crippen molar-refractivity contribution in [2.24, 2.45) is 11.1 Å². The van der Waals surface area contributed by atoms with Crippen LogP contribution >= 0.6 is 11.3 Å². The van der Waals surface area contributed by atoms with Gasteiger partial charge in [-0.15, -0.1) is 0 Å². The van der Waals surface area contributed by atoms with Gasteiger partial charge >= 0.3 is 0 Å². The molecule has 1 saturated heterocycles. The van der Waals surface area contributed by atoms with Gasteiger partial charge in [-0.3, -0.25) is 9.59 Å². The van der Waals surface area contributed by atoms with Gasteiger partial charge in [-0.25, -0.2) is 4.98 Å². The highest BCUT2D eigenvalue weighted by Crippen LogP contribution is 2.40. The van der Waals surface area contributed by atoms with E-state index in [1.807, 2.05) is 12.1 Å². The van der Waals surface area contributed by atoms with E-state index < -0.39 is 5.91 Å². The zero-order valence-corrected chi connectivity index (χ0v) is 20.4.